The highest BCUT2D eigenvalue weighted by Crippen LogP contribution is 2.20. The van der Waals surface area contributed by atoms with Gasteiger partial charge in [0.2, 0.25) is 0 Å². The summed E-state index contributed by atoms with van der Waals surface area (Å²) in [6, 6.07) is 17.0. The van der Waals surface area contributed by atoms with Crippen molar-refractivity contribution >= 4 is 16.6 Å². The third kappa shape index (κ3) is 2.82. The predicted octanol–water partition coefficient (Wildman–Crippen LogP) is 4.17. The fourth-order valence-corrected chi connectivity index (χ4v) is 2.43. The van der Waals surface area contributed by atoms with E-state index in [1.54, 1.807) is 0 Å². The molecule has 0 amide bonds. The summed E-state index contributed by atoms with van der Waals surface area (Å²) in [5, 5.41) is 11.7. The molecule has 3 aromatic rings. The Labute approximate surface area is 119 Å². The molecule has 0 aliphatic rings. The Morgan fingerprint density at radius 2 is 2.00 bits per heavy atom. The van der Waals surface area contributed by atoms with Crippen LogP contribution in [0, 0.1) is 0 Å². The number of nitrogens with zero attached hydrogens (tertiary/aromatic N) is 1. The Bertz CT molecular complexity index is 673. The average Bonchev–Trinajstić information content (AvgIpc) is 2.95. The van der Waals surface area contributed by atoms with E-state index in [4.69, 9.17) is 0 Å². The third-order valence-corrected chi connectivity index (χ3v) is 3.72. The van der Waals surface area contributed by atoms with Gasteiger partial charge in [0, 0.05) is 17.6 Å². The molecule has 20 heavy (non-hydrogen) atoms. The van der Waals surface area contributed by atoms with Gasteiger partial charge in [-0.1, -0.05) is 37.3 Å². The maximum absolute atomic E-state index is 4.04. The lowest BCUT2D eigenvalue weighted by atomic mass is 9.98. The number of aromatic nitrogens is 2. The minimum absolute atomic E-state index is 0.569. The van der Waals surface area contributed by atoms with Crippen LogP contribution in [0.2, 0.25) is 0 Å². The van der Waals surface area contributed by atoms with Gasteiger partial charge in [-0.05, 0) is 36.1 Å². The molecule has 0 fully saturated rings. The molecule has 3 nitrogen and oxygen atoms in total. The molecule has 2 N–H and O–H groups in total. The first-order valence-electron chi connectivity index (χ1n) is 7.05. The van der Waals surface area contributed by atoms with E-state index in [0.29, 0.717) is 5.92 Å². The van der Waals surface area contributed by atoms with E-state index < -0.39 is 0 Å². The molecule has 3 rings (SSSR count). The predicted molar refractivity (Wildman–Crippen MR) is 84.1 cm³/mol. The van der Waals surface area contributed by atoms with Crippen molar-refractivity contribution in [2.24, 2.45) is 0 Å². The van der Waals surface area contributed by atoms with E-state index in [9.17, 15) is 0 Å². The molecule has 0 saturated heterocycles. The number of aromatic amines is 1. The lowest BCUT2D eigenvalue weighted by Gasteiger charge is -2.13. The summed E-state index contributed by atoms with van der Waals surface area (Å²) in [6.45, 7) is 3.24. The summed E-state index contributed by atoms with van der Waals surface area (Å²) < 4.78 is 0. The molecule has 1 aromatic heterocycles. The Morgan fingerprint density at radius 1 is 1.15 bits per heavy atom. The number of benzene rings is 2. The Morgan fingerprint density at radius 3 is 2.85 bits per heavy atom. The van der Waals surface area contributed by atoms with E-state index in [-0.39, 0.29) is 0 Å². The standard InChI is InChI=1S/C17H19N3/c1-13(14-5-3-2-4-6-14)9-10-18-16-8-7-15-12-19-20-17(15)11-16/h2-8,11-13,18H,9-10H2,1H3,(H,19,20). The smallest absolute Gasteiger partial charge is 0.0670 e. The van der Waals surface area contributed by atoms with Crippen LogP contribution < -0.4 is 5.32 Å². The van der Waals surface area contributed by atoms with E-state index in [2.05, 4.69) is 71.0 Å². The highest BCUT2D eigenvalue weighted by molar-refractivity contribution is 5.81. The molecule has 1 unspecified atom stereocenters. The second-order valence-electron chi connectivity index (χ2n) is 5.20. The zero-order valence-corrected chi connectivity index (χ0v) is 11.6. The van der Waals surface area contributed by atoms with Gasteiger partial charge in [-0.15, -0.1) is 0 Å². The molecule has 0 aliphatic carbocycles. The molecule has 2 aromatic carbocycles. The first-order chi connectivity index (χ1) is 9.83. The van der Waals surface area contributed by atoms with Crippen LogP contribution in [0.1, 0.15) is 24.8 Å². The Kier molecular flexibility index (Phi) is 3.68. The fraction of sp³-hybridized carbons (Fsp3) is 0.235. The summed E-state index contributed by atoms with van der Waals surface area (Å²) in [4.78, 5) is 0. The number of hydrogen-bond donors (Lipinski definition) is 2. The lowest BCUT2D eigenvalue weighted by molar-refractivity contribution is 0.706. The van der Waals surface area contributed by atoms with Crippen LogP contribution >= 0.6 is 0 Å². The van der Waals surface area contributed by atoms with Crippen molar-refractivity contribution in [3.63, 3.8) is 0 Å². The maximum atomic E-state index is 4.04. The summed E-state index contributed by atoms with van der Waals surface area (Å²) in [6.07, 6.45) is 2.96. The first kappa shape index (κ1) is 12.7. The SMILES string of the molecule is CC(CCNc1ccc2cn[nH]c2c1)c1ccccc1. The second-order valence-corrected chi connectivity index (χ2v) is 5.20. The number of H-pyrrole nitrogens is 1. The van der Waals surface area contributed by atoms with Crippen molar-refractivity contribution in [3.05, 3.63) is 60.3 Å². The largest absolute Gasteiger partial charge is 0.385 e. The molecule has 3 heteroatoms. The fourth-order valence-electron chi connectivity index (χ4n) is 2.43. The quantitative estimate of drug-likeness (QED) is 0.727. The van der Waals surface area contributed by atoms with Crippen LogP contribution in [0.25, 0.3) is 10.9 Å². The van der Waals surface area contributed by atoms with Crippen LogP contribution in [0.15, 0.2) is 54.7 Å². The second kappa shape index (κ2) is 5.78. The van der Waals surface area contributed by atoms with Crippen LogP contribution in [0.4, 0.5) is 5.69 Å². The molecule has 0 spiro atoms. The van der Waals surface area contributed by atoms with Crippen LogP contribution in [0.3, 0.4) is 0 Å². The minimum atomic E-state index is 0.569. The molecular formula is C17H19N3. The number of hydrogen-bond acceptors (Lipinski definition) is 2. The van der Waals surface area contributed by atoms with Gasteiger partial charge in [0.1, 0.15) is 0 Å². The maximum Gasteiger partial charge on any atom is 0.0670 e. The van der Waals surface area contributed by atoms with Gasteiger partial charge >= 0.3 is 0 Å². The molecule has 102 valence electrons. The van der Waals surface area contributed by atoms with Gasteiger partial charge in [-0.25, -0.2) is 0 Å². The summed E-state index contributed by atoms with van der Waals surface area (Å²) in [5.41, 5.74) is 3.62. The van der Waals surface area contributed by atoms with E-state index >= 15 is 0 Å². The van der Waals surface area contributed by atoms with Crippen molar-refractivity contribution in [1.82, 2.24) is 10.2 Å². The van der Waals surface area contributed by atoms with Gasteiger partial charge in [0.05, 0.1) is 11.7 Å². The molecule has 1 atom stereocenters. The molecule has 0 bridgehead atoms. The zero-order chi connectivity index (χ0) is 13.8. The lowest BCUT2D eigenvalue weighted by Crippen LogP contribution is -2.05. The zero-order valence-electron chi connectivity index (χ0n) is 11.6. The number of rotatable bonds is 5. The monoisotopic (exact) mass is 265 g/mol. The Hall–Kier alpha value is -2.29. The molecule has 1 heterocycles. The van der Waals surface area contributed by atoms with Crippen molar-refractivity contribution in [2.45, 2.75) is 19.3 Å². The minimum Gasteiger partial charge on any atom is -0.385 e. The number of anilines is 1. The van der Waals surface area contributed by atoms with Gasteiger partial charge in [0.15, 0.2) is 0 Å². The third-order valence-electron chi connectivity index (χ3n) is 3.72. The molecule has 0 saturated carbocycles. The Balaban J connectivity index is 1.57. The average molecular weight is 265 g/mol. The highest BCUT2D eigenvalue weighted by Gasteiger charge is 2.04. The highest BCUT2D eigenvalue weighted by atomic mass is 15.1. The van der Waals surface area contributed by atoms with Gasteiger partial charge in [-0.2, -0.15) is 5.10 Å². The number of nitrogens with one attached hydrogen (secondary N) is 2. The van der Waals surface area contributed by atoms with Gasteiger partial charge in [0.25, 0.3) is 0 Å². The number of fused-ring (bicyclic) bond motifs is 1. The summed E-state index contributed by atoms with van der Waals surface area (Å²) >= 11 is 0. The van der Waals surface area contributed by atoms with E-state index in [0.717, 1.165) is 29.6 Å². The van der Waals surface area contributed by atoms with Crippen molar-refractivity contribution in [1.29, 1.82) is 0 Å². The van der Waals surface area contributed by atoms with Gasteiger partial charge in [-0.3, -0.25) is 5.10 Å². The first-order valence-corrected chi connectivity index (χ1v) is 7.05. The summed E-state index contributed by atoms with van der Waals surface area (Å²) in [5.74, 6) is 0.569. The molecule has 0 aliphatic heterocycles. The van der Waals surface area contributed by atoms with E-state index in [1.165, 1.54) is 5.56 Å². The normalized spacial score (nSPS) is 12.4. The topological polar surface area (TPSA) is 40.7 Å². The van der Waals surface area contributed by atoms with E-state index in [1.807, 2.05) is 6.20 Å². The molecular weight excluding hydrogens is 246 g/mol. The van der Waals surface area contributed by atoms with Crippen molar-refractivity contribution in [3.8, 4) is 0 Å². The van der Waals surface area contributed by atoms with Gasteiger partial charge < -0.3 is 5.32 Å². The molecule has 0 radical (unpaired) electrons. The van der Waals surface area contributed by atoms with Crippen molar-refractivity contribution in [2.75, 3.05) is 11.9 Å². The van der Waals surface area contributed by atoms with Crippen LogP contribution in [0.5, 0.6) is 0 Å². The van der Waals surface area contributed by atoms with Crippen molar-refractivity contribution < 1.29 is 0 Å². The van der Waals surface area contributed by atoms with Crippen LogP contribution in [-0.4, -0.2) is 16.7 Å². The van der Waals surface area contributed by atoms with Crippen LogP contribution in [-0.2, 0) is 0 Å². The summed E-state index contributed by atoms with van der Waals surface area (Å²) in [7, 11) is 0.